The van der Waals surface area contributed by atoms with Crippen LogP contribution in [0, 0.1) is 6.92 Å². The van der Waals surface area contributed by atoms with Gasteiger partial charge in [-0.15, -0.1) is 0 Å². The smallest absolute Gasteiger partial charge is 0.276 e. The molecule has 0 saturated carbocycles. The molecule has 0 N–H and O–H groups in total. The Morgan fingerprint density at radius 2 is 2.12 bits per heavy atom. The van der Waals surface area contributed by atoms with E-state index in [0.717, 1.165) is 74.4 Å². The maximum atomic E-state index is 13.0. The van der Waals surface area contributed by atoms with Gasteiger partial charge in [0, 0.05) is 43.9 Å². The van der Waals surface area contributed by atoms with Crippen molar-refractivity contribution in [1.82, 2.24) is 15.0 Å². The van der Waals surface area contributed by atoms with E-state index >= 15 is 0 Å². The number of pyridine rings is 1. The van der Waals surface area contributed by atoms with Crippen LogP contribution in [0.25, 0.3) is 0 Å². The molecule has 2 aromatic rings. The Bertz CT molecular complexity index is 801. The van der Waals surface area contributed by atoms with Crippen molar-refractivity contribution in [2.75, 3.05) is 25.0 Å². The molecular weight excluding hydrogens is 328 g/mol. The Balaban J connectivity index is 1.49. The maximum absolute atomic E-state index is 13.0. The highest BCUT2D eigenvalue weighted by Gasteiger charge is 2.31. The molecule has 1 aliphatic carbocycles. The molecule has 2 aromatic heterocycles. The molecule has 2 aliphatic rings. The molecular formula is C20H26N4O2. The van der Waals surface area contributed by atoms with Crippen LogP contribution in [0.15, 0.2) is 22.7 Å². The fraction of sp³-hybridized carbons (Fsp3) is 0.550. The van der Waals surface area contributed by atoms with Crippen LogP contribution < -0.4 is 4.90 Å². The number of carbonyl (C=O) groups is 1. The van der Waals surface area contributed by atoms with Gasteiger partial charge in [-0.05, 0) is 51.2 Å². The molecule has 1 fully saturated rings. The summed E-state index contributed by atoms with van der Waals surface area (Å²) in [6.07, 6.45) is 6.08. The van der Waals surface area contributed by atoms with Crippen LogP contribution >= 0.6 is 0 Å². The third-order valence-electron chi connectivity index (χ3n) is 5.61. The zero-order chi connectivity index (χ0) is 18.1. The van der Waals surface area contributed by atoms with Crippen molar-refractivity contribution < 1.29 is 9.32 Å². The van der Waals surface area contributed by atoms with Crippen molar-refractivity contribution in [1.29, 1.82) is 0 Å². The Morgan fingerprint density at radius 3 is 2.96 bits per heavy atom. The van der Waals surface area contributed by atoms with Crippen LogP contribution in [0.5, 0.6) is 0 Å². The van der Waals surface area contributed by atoms with Gasteiger partial charge in [0.1, 0.15) is 11.6 Å². The van der Waals surface area contributed by atoms with Crippen molar-refractivity contribution in [3.05, 3.63) is 40.9 Å². The Labute approximate surface area is 154 Å². The number of hydrogen-bond acceptors (Lipinski definition) is 5. The minimum Gasteiger partial charge on any atom is -0.360 e. The molecule has 138 valence electrons. The quantitative estimate of drug-likeness (QED) is 0.848. The van der Waals surface area contributed by atoms with E-state index in [1.165, 1.54) is 0 Å². The second-order valence-corrected chi connectivity index (χ2v) is 7.44. The Hall–Kier alpha value is -2.37. The fourth-order valence-electron chi connectivity index (χ4n) is 4.07. The van der Waals surface area contributed by atoms with E-state index in [2.05, 4.69) is 15.0 Å². The molecule has 0 spiro atoms. The first-order valence-electron chi connectivity index (χ1n) is 9.56. The molecule has 0 bridgehead atoms. The SMILES string of the molecule is Cc1cccc(N2CCC[C@H](N(C)C(=O)c3noc4c3CCCC4)C2)n1. The van der Waals surface area contributed by atoms with E-state index < -0.39 is 0 Å². The van der Waals surface area contributed by atoms with Gasteiger partial charge in [-0.3, -0.25) is 4.79 Å². The first kappa shape index (κ1) is 17.1. The number of hydrogen-bond donors (Lipinski definition) is 0. The predicted octanol–water partition coefficient (Wildman–Crippen LogP) is 3.00. The van der Waals surface area contributed by atoms with E-state index in [1.807, 2.05) is 37.1 Å². The highest BCUT2D eigenvalue weighted by atomic mass is 16.5. The molecule has 0 aromatic carbocycles. The third kappa shape index (κ3) is 3.20. The molecule has 26 heavy (non-hydrogen) atoms. The van der Waals surface area contributed by atoms with Crippen LogP contribution in [0.2, 0.25) is 0 Å². The molecule has 1 amide bonds. The zero-order valence-corrected chi connectivity index (χ0v) is 15.6. The van der Waals surface area contributed by atoms with Gasteiger partial charge >= 0.3 is 0 Å². The number of fused-ring (bicyclic) bond motifs is 1. The number of aryl methyl sites for hydroxylation is 2. The number of aromatic nitrogens is 2. The van der Waals surface area contributed by atoms with E-state index in [9.17, 15) is 4.79 Å². The molecule has 3 heterocycles. The van der Waals surface area contributed by atoms with E-state index in [-0.39, 0.29) is 11.9 Å². The third-order valence-corrected chi connectivity index (χ3v) is 5.61. The van der Waals surface area contributed by atoms with Gasteiger partial charge in [-0.1, -0.05) is 11.2 Å². The molecule has 6 heteroatoms. The van der Waals surface area contributed by atoms with Crippen LogP contribution in [0.3, 0.4) is 0 Å². The standard InChI is InChI=1S/C20H26N4O2/c1-14-7-5-11-18(21-14)24-12-6-8-15(13-24)23(2)20(25)19-16-9-3-4-10-17(16)26-22-19/h5,7,11,15H,3-4,6,8-10,12-13H2,1-2H3/t15-/m0/s1. The lowest BCUT2D eigenvalue weighted by atomic mass is 9.95. The molecule has 1 atom stereocenters. The minimum absolute atomic E-state index is 0.0130. The maximum Gasteiger partial charge on any atom is 0.276 e. The lowest BCUT2D eigenvalue weighted by molar-refractivity contribution is 0.0706. The normalized spacial score (nSPS) is 19.9. The monoisotopic (exact) mass is 354 g/mol. The van der Waals surface area contributed by atoms with Gasteiger partial charge < -0.3 is 14.3 Å². The lowest BCUT2D eigenvalue weighted by Gasteiger charge is -2.38. The van der Waals surface area contributed by atoms with Crippen molar-refractivity contribution in [3.8, 4) is 0 Å². The number of anilines is 1. The van der Waals surface area contributed by atoms with E-state index in [1.54, 1.807) is 0 Å². The van der Waals surface area contributed by atoms with E-state index in [0.29, 0.717) is 5.69 Å². The molecule has 0 unspecified atom stereocenters. The Kier molecular flexibility index (Phi) is 4.66. The van der Waals surface area contributed by atoms with Gasteiger partial charge in [0.25, 0.3) is 5.91 Å². The topological polar surface area (TPSA) is 62.5 Å². The number of rotatable bonds is 3. The predicted molar refractivity (Wildman–Crippen MR) is 99.4 cm³/mol. The summed E-state index contributed by atoms with van der Waals surface area (Å²) < 4.78 is 5.43. The summed E-state index contributed by atoms with van der Waals surface area (Å²) in [5.74, 6) is 1.89. The molecule has 0 radical (unpaired) electrons. The number of likely N-dealkylation sites (N-methyl/N-ethyl adjacent to an activating group) is 1. The van der Waals surface area contributed by atoms with Gasteiger partial charge in [-0.2, -0.15) is 0 Å². The average Bonchev–Trinajstić information content (AvgIpc) is 3.11. The summed E-state index contributed by atoms with van der Waals surface area (Å²) in [5.41, 5.74) is 2.57. The number of carbonyl (C=O) groups excluding carboxylic acids is 1. The van der Waals surface area contributed by atoms with Gasteiger partial charge in [0.15, 0.2) is 5.69 Å². The summed E-state index contributed by atoms with van der Waals surface area (Å²) in [7, 11) is 1.89. The van der Waals surface area contributed by atoms with Crippen molar-refractivity contribution >= 4 is 11.7 Å². The van der Waals surface area contributed by atoms with Crippen LogP contribution in [0.1, 0.15) is 53.2 Å². The number of amides is 1. The zero-order valence-electron chi connectivity index (χ0n) is 15.6. The molecule has 6 nitrogen and oxygen atoms in total. The number of nitrogens with zero attached hydrogens (tertiary/aromatic N) is 4. The fourth-order valence-corrected chi connectivity index (χ4v) is 4.07. The van der Waals surface area contributed by atoms with Gasteiger partial charge in [-0.25, -0.2) is 4.98 Å². The molecule has 1 aliphatic heterocycles. The van der Waals surface area contributed by atoms with Gasteiger partial charge in [0.05, 0.1) is 0 Å². The van der Waals surface area contributed by atoms with Gasteiger partial charge in [0.2, 0.25) is 0 Å². The number of piperidine rings is 1. The summed E-state index contributed by atoms with van der Waals surface area (Å²) >= 11 is 0. The summed E-state index contributed by atoms with van der Waals surface area (Å²) in [6.45, 7) is 3.79. The van der Waals surface area contributed by atoms with Crippen LogP contribution in [0.4, 0.5) is 5.82 Å². The van der Waals surface area contributed by atoms with E-state index in [4.69, 9.17) is 4.52 Å². The molecule has 1 saturated heterocycles. The lowest BCUT2D eigenvalue weighted by Crippen LogP contribution is -2.49. The Morgan fingerprint density at radius 1 is 1.27 bits per heavy atom. The van der Waals surface area contributed by atoms with Crippen molar-refractivity contribution in [2.24, 2.45) is 0 Å². The summed E-state index contributed by atoms with van der Waals surface area (Å²) in [5, 5.41) is 4.11. The highest BCUT2D eigenvalue weighted by Crippen LogP contribution is 2.27. The first-order chi connectivity index (χ1) is 12.6. The summed E-state index contributed by atoms with van der Waals surface area (Å²) in [6, 6.07) is 6.26. The second-order valence-electron chi connectivity index (χ2n) is 7.44. The average molecular weight is 354 g/mol. The molecule has 4 rings (SSSR count). The van der Waals surface area contributed by atoms with Crippen molar-refractivity contribution in [3.63, 3.8) is 0 Å². The summed E-state index contributed by atoms with van der Waals surface area (Å²) in [4.78, 5) is 21.8. The minimum atomic E-state index is -0.0130. The van der Waals surface area contributed by atoms with Crippen molar-refractivity contribution in [2.45, 2.75) is 51.5 Å². The van der Waals surface area contributed by atoms with Crippen LogP contribution in [-0.2, 0) is 12.8 Å². The highest BCUT2D eigenvalue weighted by molar-refractivity contribution is 5.94. The van der Waals surface area contributed by atoms with Crippen LogP contribution in [-0.4, -0.2) is 47.1 Å². The second kappa shape index (κ2) is 7.09. The first-order valence-corrected chi connectivity index (χ1v) is 9.56. The largest absolute Gasteiger partial charge is 0.360 e.